The molecule has 0 unspecified atom stereocenters. The highest BCUT2D eigenvalue weighted by Gasteiger charge is 2.14. The molecule has 0 aliphatic carbocycles. The third-order valence-corrected chi connectivity index (χ3v) is 4.67. The van der Waals surface area contributed by atoms with Gasteiger partial charge in [0.25, 0.3) is 0 Å². The molecule has 0 spiro atoms. The van der Waals surface area contributed by atoms with Gasteiger partial charge in [0.1, 0.15) is 0 Å². The second-order valence-electron chi connectivity index (χ2n) is 6.62. The fourth-order valence-electron chi connectivity index (χ4n) is 3.20. The minimum atomic E-state index is -0.205. The third-order valence-electron chi connectivity index (χ3n) is 4.67. The highest BCUT2D eigenvalue weighted by Crippen LogP contribution is 2.34. The van der Waals surface area contributed by atoms with E-state index in [1.807, 2.05) is 71.6 Å². The normalized spacial score (nSPS) is 10.8. The maximum atomic E-state index is 12.4. The molecule has 30 heavy (non-hydrogen) atoms. The maximum absolute atomic E-state index is 12.4. The summed E-state index contributed by atoms with van der Waals surface area (Å²) in [5.41, 5.74) is 3.58. The molecule has 0 fully saturated rings. The van der Waals surface area contributed by atoms with Crippen molar-refractivity contribution in [2.75, 3.05) is 4.90 Å². The van der Waals surface area contributed by atoms with E-state index < -0.39 is 0 Å². The lowest BCUT2D eigenvalue weighted by Crippen LogP contribution is -2.08. The Morgan fingerprint density at radius 3 is 2.17 bits per heavy atom. The van der Waals surface area contributed by atoms with Gasteiger partial charge in [-0.3, -0.25) is 14.5 Å². The van der Waals surface area contributed by atoms with Crippen LogP contribution in [0, 0.1) is 0 Å². The first-order valence-electron chi connectivity index (χ1n) is 9.51. The lowest BCUT2D eigenvalue weighted by atomic mass is 10.0. The highest BCUT2D eigenvalue weighted by atomic mass is 16.3. The predicted molar refractivity (Wildman–Crippen MR) is 119 cm³/mol. The van der Waals surface area contributed by atoms with Crippen LogP contribution in [0.3, 0.4) is 0 Å². The smallest absolute Gasteiger partial charge is 0.204 e. The van der Waals surface area contributed by atoms with E-state index in [0.29, 0.717) is 23.3 Å². The summed E-state index contributed by atoms with van der Waals surface area (Å²) >= 11 is 0. The Morgan fingerprint density at radius 2 is 1.47 bits per heavy atom. The van der Waals surface area contributed by atoms with Gasteiger partial charge in [-0.25, -0.2) is 0 Å². The van der Waals surface area contributed by atoms with Crippen molar-refractivity contribution in [2.45, 2.75) is 0 Å². The average Bonchev–Trinajstić information content (AvgIpc) is 3.33. The fraction of sp³-hybridized carbons (Fsp3) is 0. The number of anilines is 3. The maximum Gasteiger partial charge on any atom is 0.204 e. The number of ketones is 1. The summed E-state index contributed by atoms with van der Waals surface area (Å²) in [6, 6.07) is 28.3. The molecule has 0 N–H and O–H groups in total. The first-order chi connectivity index (χ1) is 14.8. The molecule has 4 aromatic rings. The zero-order chi connectivity index (χ0) is 20.8. The van der Waals surface area contributed by atoms with E-state index >= 15 is 0 Å². The van der Waals surface area contributed by atoms with Gasteiger partial charge < -0.3 is 4.42 Å². The van der Waals surface area contributed by atoms with Gasteiger partial charge in [-0.05, 0) is 42.0 Å². The quantitative estimate of drug-likeness (QED) is 0.205. The van der Waals surface area contributed by atoms with Crippen molar-refractivity contribution in [1.82, 2.24) is 0 Å². The van der Waals surface area contributed by atoms with Gasteiger partial charge in [-0.1, -0.05) is 60.7 Å². The lowest BCUT2D eigenvalue weighted by molar-refractivity contribution is 0.103. The van der Waals surface area contributed by atoms with Crippen LogP contribution < -0.4 is 4.90 Å². The monoisotopic (exact) mass is 393 g/mol. The Kier molecular flexibility index (Phi) is 5.67. The number of rotatable bonds is 7. The van der Waals surface area contributed by atoms with Crippen LogP contribution in [0.1, 0.15) is 26.3 Å². The zero-order valence-electron chi connectivity index (χ0n) is 16.1. The Bertz CT molecular complexity index is 1160. The fourth-order valence-corrected chi connectivity index (χ4v) is 3.20. The summed E-state index contributed by atoms with van der Waals surface area (Å²) in [6.45, 7) is 0. The molecule has 4 nitrogen and oxygen atoms in total. The molecular weight excluding hydrogens is 374 g/mol. The number of carbonyl (C=O) groups excluding carboxylic acids is 2. The van der Waals surface area contributed by atoms with Gasteiger partial charge in [0, 0.05) is 28.6 Å². The van der Waals surface area contributed by atoms with Crippen LogP contribution in [0.2, 0.25) is 0 Å². The molecule has 0 amide bonds. The molecular formula is C26H19NO3. The minimum Gasteiger partial charge on any atom is -0.448 e. The van der Waals surface area contributed by atoms with E-state index in [0.717, 1.165) is 16.9 Å². The van der Waals surface area contributed by atoms with E-state index in [2.05, 4.69) is 0 Å². The van der Waals surface area contributed by atoms with E-state index in [1.165, 1.54) is 6.08 Å². The van der Waals surface area contributed by atoms with Crippen molar-refractivity contribution < 1.29 is 14.0 Å². The second-order valence-corrected chi connectivity index (χ2v) is 6.62. The van der Waals surface area contributed by atoms with Crippen molar-refractivity contribution >= 4 is 35.4 Å². The number of aldehydes is 1. The average molecular weight is 393 g/mol. The van der Waals surface area contributed by atoms with Gasteiger partial charge in [-0.15, -0.1) is 0 Å². The summed E-state index contributed by atoms with van der Waals surface area (Å²) < 4.78 is 5.62. The SMILES string of the molecule is O=Cc1ccccc1C(=O)/C=C\c1ccc(N(c2ccccc2)c2ccco2)cc1. The first-order valence-corrected chi connectivity index (χ1v) is 9.51. The predicted octanol–water partition coefficient (Wildman–Crippen LogP) is 6.46. The topological polar surface area (TPSA) is 50.5 Å². The van der Waals surface area contributed by atoms with Crippen molar-refractivity contribution in [2.24, 2.45) is 0 Å². The van der Waals surface area contributed by atoms with Gasteiger partial charge in [0.05, 0.1) is 6.26 Å². The van der Waals surface area contributed by atoms with Gasteiger partial charge >= 0.3 is 0 Å². The number of hydrogen-bond donors (Lipinski definition) is 0. The number of carbonyl (C=O) groups is 2. The number of hydrogen-bond acceptors (Lipinski definition) is 4. The molecule has 0 bridgehead atoms. The Morgan fingerprint density at radius 1 is 0.767 bits per heavy atom. The molecule has 0 aliphatic heterocycles. The van der Waals surface area contributed by atoms with Crippen molar-refractivity contribution in [3.05, 3.63) is 120 Å². The molecule has 4 rings (SSSR count). The van der Waals surface area contributed by atoms with Crippen LogP contribution in [-0.2, 0) is 0 Å². The van der Waals surface area contributed by atoms with Crippen LogP contribution in [0.25, 0.3) is 6.08 Å². The van der Waals surface area contributed by atoms with Crippen molar-refractivity contribution in [1.29, 1.82) is 0 Å². The molecule has 4 heteroatoms. The van der Waals surface area contributed by atoms with Gasteiger partial charge in [-0.2, -0.15) is 0 Å². The standard InChI is InChI=1S/C26H19NO3/c28-19-21-7-4-5-10-24(21)25(29)17-14-20-12-15-23(16-13-20)27(26-11-6-18-30-26)22-8-2-1-3-9-22/h1-19H/b17-14-. The lowest BCUT2D eigenvalue weighted by Gasteiger charge is -2.22. The number of para-hydroxylation sites is 1. The van der Waals surface area contributed by atoms with Gasteiger partial charge in [0.15, 0.2) is 12.1 Å². The largest absolute Gasteiger partial charge is 0.448 e. The highest BCUT2D eigenvalue weighted by molar-refractivity contribution is 6.10. The zero-order valence-corrected chi connectivity index (χ0v) is 16.1. The van der Waals surface area contributed by atoms with E-state index in [-0.39, 0.29) is 5.78 Å². The van der Waals surface area contributed by atoms with E-state index in [1.54, 1.807) is 36.6 Å². The molecule has 146 valence electrons. The van der Waals surface area contributed by atoms with Crippen LogP contribution in [0.5, 0.6) is 0 Å². The molecule has 0 radical (unpaired) electrons. The van der Waals surface area contributed by atoms with Crippen LogP contribution in [-0.4, -0.2) is 12.1 Å². The van der Waals surface area contributed by atoms with Crippen molar-refractivity contribution in [3.63, 3.8) is 0 Å². The molecule has 1 aromatic heterocycles. The third kappa shape index (κ3) is 4.13. The molecule has 0 aliphatic rings. The van der Waals surface area contributed by atoms with Crippen LogP contribution in [0.4, 0.5) is 17.3 Å². The summed E-state index contributed by atoms with van der Waals surface area (Å²) in [5, 5.41) is 0. The number of allylic oxidation sites excluding steroid dienone is 1. The van der Waals surface area contributed by atoms with Crippen molar-refractivity contribution in [3.8, 4) is 0 Å². The Labute approximate surface area is 174 Å². The summed E-state index contributed by atoms with van der Waals surface area (Å²) in [4.78, 5) is 25.6. The molecule has 0 saturated carbocycles. The van der Waals surface area contributed by atoms with Gasteiger partial charge in [0.2, 0.25) is 5.88 Å². The second kappa shape index (κ2) is 8.88. The number of nitrogens with zero attached hydrogens (tertiary/aromatic N) is 1. The van der Waals surface area contributed by atoms with E-state index in [4.69, 9.17) is 4.42 Å². The molecule has 1 heterocycles. The number of furan rings is 1. The minimum absolute atomic E-state index is 0.205. The summed E-state index contributed by atoms with van der Waals surface area (Å²) in [7, 11) is 0. The molecule has 0 saturated heterocycles. The summed E-state index contributed by atoms with van der Waals surface area (Å²) in [5.74, 6) is 0.508. The number of benzene rings is 3. The van der Waals surface area contributed by atoms with Crippen LogP contribution >= 0.6 is 0 Å². The van der Waals surface area contributed by atoms with Crippen LogP contribution in [0.15, 0.2) is 108 Å². The Balaban J connectivity index is 1.58. The Hall–Kier alpha value is -4.18. The molecule has 0 atom stereocenters. The first kappa shape index (κ1) is 19.2. The van der Waals surface area contributed by atoms with E-state index in [9.17, 15) is 9.59 Å². The molecule has 3 aromatic carbocycles. The summed E-state index contributed by atoms with van der Waals surface area (Å²) in [6.07, 6.45) is 5.57.